The first kappa shape index (κ1) is 16.9. The molecule has 3 aromatic rings. The number of aromatic hydroxyl groups is 2. The molecule has 0 heterocycles. The van der Waals surface area contributed by atoms with E-state index in [1.54, 1.807) is 42.5 Å². The maximum Gasteiger partial charge on any atom is 0.172 e. The Bertz CT molecular complexity index is 841. The molecule has 0 spiro atoms. The Balaban J connectivity index is 1.80. The van der Waals surface area contributed by atoms with Crippen LogP contribution in [0.4, 0.5) is 0 Å². The molecular formula is C21H20O4. The van der Waals surface area contributed by atoms with Gasteiger partial charge >= 0.3 is 0 Å². The Morgan fingerprint density at radius 1 is 0.760 bits per heavy atom. The molecule has 0 radical (unpaired) electrons. The van der Waals surface area contributed by atoms with Crippen LogP contribution in [0.25, 0.3) is 0 Å². The van der Waals surface area contributed by atoms with Crippen molar-refractivity contribution < 1.29 is 20.1 Å². The van der Waals surface area contributed by atoms with Crippen LogP contribution < -0.4 is 4.74 Å². The Kier molecular flexibility index (Phi) is 5.21. The highest BCUT2D eigenvalue weighted by Crippen LogP contribution is 2.35. The van der Waals surface area contributed by atoms with E-state index in [0.717, 1.165) is 23.1 Å². The van der Waals surface area contributed by atoms with Gasteiger partial charge in [-0.15, -0.1) is 0 Å². The van der Waals surface area contributed by atoms with Crippen LogP contribution in [0.15, 0.2) is 66.7 Å². The first-order valence-corrected chi connectivity index (χ1v) is 8.12. The SMILES string of the molecule is OCc1cccc(Oc2c(O)cccc2CCc2ccc(O)cc2)c1. The summed E-state index contributed by atoms with van der Waals surface area (Å²) in [5.41, 5.74) is 2.73. The molecule has 0 aliphatic rings. The molecule has 3 N–H and O–H groups in total. The Morgan fingerprint density at radius 2 is 1.52 bits per heavy atom. The summed E-state index contributed by atoms with van der Waals surface area (Å²) in [4.78, 5) is 0. The number of hydrogen-bond donors (Lipinski definition) is 3. The first-order chi connectivity index (χ1) is 12.2. The molecule has 0 aromatic heterocycles. The van der Waals surface area contributed by atoms with Crippen molar-refractivity contribution in [1.29, 1.82) is 0 Å². The summed E-state index contributed by atoms with van der Waals surface area (Å²) >= 11 is 0. The number of para-hydroxylation sites is 1. The minimum atomic E-state index is -0.0638. The maximum atomic E-state index is 10.2. The lowest BCUT2D eigenvalue weighted by Gasteiger charge is -2.13. The minimum absolute atomic E-state index is 0.0638. The van der Waals surface area contributed by atoms with Gasteiger partial charge < -0.3 is 20.1 Å². The van der Waals surface area contributed by atoms with Crippen molar-refractivity contribution in [2.45, 2.75) is 19.4 Å². The van der Waals surface area contributed by atoms with E-state index in [1.807, 2.05) is 24.3 Å². The molecule has 128 valence electrons. The van der Waals surface area contributed by atoms with Gasteiger partial charge in [-0.3, -0.25) is 0 Å². The molecule has 0 aliphatic heterocycles. The largest absolute Gasteiger partial charge is 0.508 e. The fraction of sp³-hybridized carbons (Fsp3) is 0.143. The van der Waals surface area contributed by atoms with Crippen molar-refractivity contribution in [1.82, 2.24) is 0 Å². The van der Waals surface area contributed by atoms with Crippen LogP contribution in [-0.4, -0.2) is 15.3 Å². The van der Waals surface area contributed by atoms with Crippen LogP contribution >= 0.6 is 0 Å². The molecule has 0 saturated carbocycles. The number of benzene rings is 3. The van der Waals surface area contributed by atoms with Gasteiger partial charge in [-0.25, -0.2) is 0 Å². The van der Waals surface area contributed by atoms with Crippen molar-refractivity contribution >= 4 is 0 Å². The summed E-state index contributed by atoms with van der Waals surface area (Å²) in [6, 6.07) is 19.5. The zero-order valence-corrected chi connectivity index (χ0v) is 13.7. The lowest BCUT2D eigenvalue weighted by molar-refractivity contribution is 0.281. The van der Waals surface area contributed by atoms with Gasteiger partial charge in [-0.2, -0.15) is 0 Å². The smallest absolute Gasteiger partial charge is 0.172 e. The summed E-state index contributed by atoms with van der Waals surface area (Å²) in [6.07, 6.45) is 1.45. The Labute approximate surface area is 146 Å². The van der Waals surface area contributed by atoms with Crippen LogP contribution in [0.2, 0.25) is 0 Å². The minimum Gasteiger partial charge on any atom is -0.508 e. The number of phenols is 2. The molecule has 4 heteroatoms. The van der Waals surface area contributed by atoms with Gasteiger partial charge in [0, 0.05) is 0 Å². The summed E-state index contributed by atoms with van der Waals surface area (Å²) < 4.78 is 5.89. The zero-order chi connectivity index (χ0) is 17.6. The number of hydrogen-bond acceptors (Lipinski definition) is 4. The molecule has 0 fully saturated rings. The average molecular weight is 336 g/mol. The highest BCUT2D eigenvalue weighted by atomic mass is 16.5. The Morgan fingerprint density at radius 3 is 2.28 bits per heavy atom. The van der Waals surface area contributed by atoms with E-state index in [-0.39, 0.29) is 18.1 Å². The molecule has 0 unspecified atom stereocenters. The number of aryl methyl sites for hydroxylation is 2. The van der Waals surface area contributed by atoms with E-state index >= 15 is 0 Å². The second-order valence-electron chi connectivity index (χ2n) is 5.84. The summed E-state index contributed by atoms with van der Waals surface area (Å²) in [5, 5.41) is 28.8. The van der Waals surface area contributed by atoms with Gasteiger partial charge in [0.15, 0.2) is 11.5 Å². The second-order valence-corrected chi connectivity index (χ2v) is 5.84. The Hall–Kier alpha value is -2.98. The van der Waals surface area contributed by atoms with Crippen LogP contribution in [0.5, 0.6) is 23.0 Å². The van der Waals surface area contributed by atoms with Gasteiger partial charge in [-0.05, 0) is 59.9 Å². The third-order valence-corrected chi connectivity index (χ3v) is 4.00. The van der Waals surface area contributed by atoms with E-state index in [9.17, 15) is 15.3 Å². The van der Waals surface area contributed by atoms with Crippen LogP contribution in [0.1, 0.15) is 16.7 Å². The first-order valence-electron chi connectivity index (χ1n) is 8.12. The number of phenolic OH excluding ortho intramolecular Hbond substituents is 2. The normalized spacial score (nSPS) is 10.6. The fourth-order valence-electron chi connectivity index (χ4n) is 2.65. The van der Waals surface area contributed by atoms with Gasteiger partial charge in [-0.1, -0.05) is 36.4 Å². The van der Waals surface area contributed by atoms with Gasteiger partial charge in [0.05, 0.1) is 6.61 Å². The number of aliphatic hydroxyl groups excluding tert-OH is 1. The summed E-state index contributed by atoms with van der Waals surface area (Å²) in [7, 11) is 0. The molecule has 0 aliphatic carbocycles. The number of aliphatic hydroxyl groups is 1. The lowest BCUT2D eigenvalue weighted by Crippen LogP contribution is -1.96. The molecule has 0 atom stereocenters. The predicted molar refractivity (Wildman–Crippen MR) is 96.1 cm³/mol. The predicted octanol–water partition coefficient (Wildman–Crippen LogP) is 4.17. The molecule has 3 aromatic carbocycles. The van der Waals surface area contributed by atoms with Gasteiger partial charge in [0.1, 0.15) is 11.5 Å². The van der Waals surface area contributed by atoms with Gasteiger partial charge in [0.2, 0.25) is 0 Å². The zero-order valence-electron chi connectivity index (χ0n) is 13.7. The standard InChI is InChI=1S/C21H20O4/c22-14-16-3-1-5-19(13-16)25-21-17(4-2-6-20(21)24)10-7-15-8-11-18(23)12-9-15/h1-6,8-9,11-13,22-24H,7,10,14H2. The van der Waals surface area contributed by atoms with Crippen molar-refractivity contribution in [2.75, 3.05) is 0 Å². The summed E-state index contributed by atoms with van der Waals surface area (Å²) in [5.74, 6) is 1.32. The van der Waals surface area contributed by atoms with E-state index in [2.05, 4.69) is 0 Å². The number of rotatable bonds is 6. The molecule has 3 rings (SSSR count). The van der Waals surface area contributed by atoms with E-state index in [1.165, 1.54) is 0 Å². The lowest BCUT2D eigenvalue weighted by atomic mass is 10.0. The molecule has 4 nitrogen and oxygen atoms in total. The highest BCUT2D eigenvalue weighted by Gasteiger charge is 2.11. The fourth-order valence-corrected chi connectivity index (χ4v) is 2.65. The second kappa shape index (κ2) is 7.73. The van der Waals surface area contributed by atoms with Crippen molar-refractivity contribution in [3.63, 3.8) is 0 Å². The summed E-state index contributed by atoms with van der Waals surface area (Å²) in [6.45, 7) is -0.0638. The van der Waals surface area contributed by atoms with Crippen molar-refractivity contribution in [3.05, 3.63) is 83.4 Å². The monoisotopic (exact) mass is 336 g/mol. The van der Waals surface area contributed by atoms with E-state index in [0.29, 0.717) is 17.9 Å². The molecule has 0 bridgehead atoms. The molecule has 0 saturated heterocycles. The van der Waals surface area contributed by atoms with E-state index < -0.39 is 0 Å². The number of ether oxygens (including phenoxy) is 1. The van der Waals surface area contributed by atoms with Crippen LogP contribution in [-0.2, 0) is 19.4 Å². The quantitative estimate of drug-likeness (QED) is 0.632. The van der Waals surface area contributed by atoms with Crippen LogP contribution in [0.3, 0.4) is 0 Å². The topological polar surface area (TPSA) is 69.9 Å². The van der Waals surface area contributed by atoms with Crippen LogP contribution in [0, 0.1) is 0 Å². The van der Waals surface area contributed by atoms with Gasteiger partial charge in [0.25, 0.3) is 0 Å². The van der Waals surface area contributed by atoms with Crippen molar-refractivity contribution in [3.8, 4) is 23.0 Å². The van der Waals surface area contributed by atoms with Crippen molar-refractivity contribution in [2.24, 2.45) is 0 Å². The average Bonchev–Trinajstić information content (AvgIpc) is 2.64. The molecule has 25 heavy (non-hydrogen) atoms. The highest BCUT2D eigenvalue weighted by molar-refractivity contribution is 5.48. The van der Waals surface area contributed by atoms with E-state index in [4.69, 9.17) is 4.74 Å². The third kappa shape index (κ3) is 4.31. The third-order valence-electron chi connectivity index (χ3n) is 4.00. The maximum absolute atomic E-state index is 10.2. The molecule has 0 amide bonds. The molecular weight excluding hydrogens is 316 g/mol.